The smallest absolute Gasteiger partial charge is 1.00 e. The monoisotopic (exact) mass is 238 g/mol. The van der Waals surface area contributed by atoms with Crippen LogP contribution in [0.1, 0.15) is 22.1 Å². The van der Waals surface area contributed by atoms with Gasteiger partial charge >= 0.3 is 29.6 Å². The maximum absolute atomic E-state index is 10.7. The number of benzene rings is 1. The van der Waals surface area contributed by atoms with Gasteiger partial charge < -0.3 is 1.43 Å². The first-order valence-corrected chi connectivity index (χ1v) is 4.95. The minimum absolute atomic E-state index is 0. The zero-order chi connectivity index (χ0) is 10.8. The molecule has 5 nitrogen and oxygen atoms in total. The third kappa shape index (κ3) is 3.51. The Kier molecular flexibility index (Phi) is 5.33. The van der Waals surface area contributed by atoms with Crippen LogP contribution in [0.15, 0.2) is 23.1 Å². The Morgan fingerprint density at radius 1 is 1.13 bits per heavy atom. The molecule has 1 aromatic carbocycles. The van der Waals surface area contributed by atoms with Gasteiger partial charge in [0.05, 0.1) is 4.90 Å². The van der Waals surface area contributed by atoms with Gasteiger partial charge in [-0.3, -0.25) is 14.1 Å². The zero-order valence-electron chi connectivity index (χ0n) is 8.88. The molecule has 0 bridgehead atoms. The summed E-state index contributed by atoms with van der Waals surface area (Å²) in [6.07, 6.45) is 0.774. The average molecular weight is 238 g/mol. The van der Waals surface area contributed by atoms with Gasteiger partial charge in [-0.1, -0.05) is 0 Å². The molecule has 1 aromatic rings. The Bertz CT molecular complexity index is 485. The molecule has 0 fully saturated rings. The Labute approximate surface area is 110 Å². The van der Waals surface area contributed by atoms with Crippen LogP contribution in [0.3, 0.4) is 0 Å². The average Bonchev–Trinajstić information content (AvgIpc) is 2.15. The zero-order valence-corrected chi connectivity index (χ0v) is 10.7. The summed E-state index contributed by atoms with van der Waals surface area (Å²) >= 11 is 0. The summed E-state index contributed by atoms with van der Waals surface area (Å²) in [5.74, 6) is 0. The maximum Gasteiger partial charge on any atom is 1.00 e. The van der Waals surface area contributed by atoms with Crippen molar-refractivity contribution in [3.8, 4) is 0 Å². The maximum atomic E-state index is 10.7. The second-order valence-electron chi connectivity index (χ2n) is 2.50. The van der Waals surface area contributed by atoms with E-state index in [-0.39, 0.29) is 42.1 Å². The van der Waals surface area contributed by atoms with Crippen molar-refractivity contribution in [3.05, 3.63) is 29.3 Å². The van der Waals surface area contributed by atoms with E-state index in [4.69, 9.17) is 4.55 Å². The summed E-state index contributed by atoms with van der Waals surface area (Å²) in [6.45, 7) is 0. The summed E-state index contributed by atoms with van der Waals surface area (Å²) in [6, 6.07) is 3.14. The van der Waals surface area contributed by atoms with E-state index < -0.39 is 15.0 Å². The number of hydrogen-bond donors (Lipinski definition) is 1. The molecule has 0 aromatic heterocycles. The first kappa shape index (κ1) is 14.5. The van der Waals surface area contributed by atoms with Gasteiger partial charge in [0.15, 0.2) is 12.6 Å². The van der Waals surface area contributed by atoms with Crippen LogP contribution in [-0.2, 0) is 10.1 Å². The van der Waals surface area contributed by atoms with E-state index in [0.29, 0.717) is 12.6 Å². The SMILES string of the molecule is O=Cc1ccc(S(=O)(=O)O)cc1C=O.[H-].[Na+]. The normalized spacial score (nSPS) is 10.2. The first-order valence-electron chi connectivity index (χ1n) is 3.51. The van der Waals surface area contributed by atoms with E-state index in [9.17, 15) is 18.0 Å². The molecule has 1 N–H and O–H groups in total. The third-order valence-electron chi connectivity index (χ3n) is 1.61. The van der Waals surface area contributed by atoms with Crippen molar-refractivity contribution < 1.29 is 53.5 Å². The van der Waals surface area contributed by atoms with Crippen molar-refractivity contribution in [1.29, 1.82) is 0 Å². The summed E-state index contributed by atoms with van der Waals surface area (Å²) in [4.78, 5) is 20.4. The van der Waals surface area contributed by atoms with Crippen molar-refractivity contribution in [3.63, 3.8) is 0 Å². The number of aldehydes is 2. The number of rotatable bonds is 3. The van der Waals surface area contributed by atoms with Crippen molar-refractivity contribution in [2.45, 2.75) is 4.90 Å². The molecule has 15 heavy (non-hydrogen) atoms. The van der Waals surface area contributed by atoms with E-state index in [2.05, 4.69) is 0 Å². The number of hydrogen-bond acceptors (Lipinski definition) is 4. The van der Waals surface area contributed by atoms with Crippen molar-refractivity contribution in [1.82, 2.24) is 0 Å². The van der Waals surface area contributed by atoms with Crippen LogP contribution >= 0.6 is 0 Å². The van der Waals surface area contributed by atoms with Crippen LogP contribution < -0.4 is 29.6 Å². The number of carbonyl (C=O) groups is 2. The molecule has 76 valence electrons. The van der Waals surface area contributed by atoms with Gasteiger partial charge in [0.1, 0.15) is 0 Å². The summed E-state index contributed by atoms with van der Waals surface area (Å²) < 4.78 is 29.9. The van der Waals surface area contributed by atoms with Crippen molar-refractivity contribution in [2.24, 2.45) is 0 Å². The van der Waals surface area contributed by atoms with Gasteiger partial charge in [0.2, 0.25) is 0 Å². The van der Waals surface area contributed by atoms with Crippen LogP contribution in [0, 0.1) is 0 Å². The Hall–Kier alpha value is -0.530. The fourth-order valence-electron chi connectivity index (χ4n) is 0.923. The fourth-order valence-corrected chi connectivity index (χ4v) is 1.44. The summed E-state index contributed by atoms with van der Waals surface area (Å²) in [5.41, 5.74) is 0.00234. The fraction of sp³-hybridized carbons (Fsp3) is 0. The molecule has 0 spiro atoms. The molecular weight excluding hydrogens is 231 g/mol. The second-order valence-corrected chi connectivity index (χ2v) is 3.92. The summed E-state index contributed by atoms with van der Waals surface area (Å²) in [7, 11) is -4.34. The minimum Gasteiger partial charge on any atom is -1.00 e. The molecule has 0 heterocycles. The molecule has 0 atom stereocenters. The molecule has 1 rings (SSSR count). The summed E-state index contributed by atoms with van der Waals surface area (Å²) in [5, 5.41) is 0. The van der Waals surface area contributed by atoms with E-state index in [0.717, 1.165) is 18.2 Å². The molecule has 0 amide bonds. The molecule has 7 heteroatoms. The van der Waals surface area contributed by atoms with Crippen molar-refractivity contribution in [2.75, 3.05) is 0 Å². The Balaban J connectivity index is 0. The van der Waals surface area contributed by atoms with Gasteiger partial charge in [0.25, 0.3) is 10.1 Å². The molecular formula is C8H7NaO5S. The third-order valence-corrected chi connectivity index (χ3v) is 2.46. The molecule has 0 saturated carbocycles. The van der Waals surface area contributed by atoms with E-state index in [1.165, 1.54) is 0 Å². The van der Waals surface area contributed by atoms with Crippen LogP contribution in [0.4, 0.5) is 0 Å². The quantitative estimate of drug-likeness (QED) is 0.362. The predicted octanol–water partition coefficient (Wildman–Crippen LogP) is -2.33. The van der Waals surface area contributed by atoms with Crippen LogP contribution in [0.2, 0.25) is 0 Å². The van der Waals surface area contributed by atoms with E-state index in [1.807, 2.05) is 0 Å². The topological polar surface area (TPSA) is 88.5 Å². The van der Waals surface area contributed by atoms with Crippen molar-refractivity contribution >= 4 is 22.7 Å². The van der Waals surface area contributed by atoms with Gasteiger partial charge in [-0.15, -0.1) is 0 Å². The largest absolute Gasteiger partial charge is 1.00 e. The predicted molar refractivity (Wildman–Crippen MR) is 48.1 cm³/mol. The van der Waals surface area contributed by atoms with E-state index in [1.54, 1.807) is 0 Å². The molecule has 0 radical (unpaired) electrons. The Morgan fingerprint density at radius 2 is 1.67 bits per heavy atom. The molecule has 0 saturated heterocycles. The Morgan fingerprint density at radius 3 is 2.07 bits per heavy atom. The molecule has 0 aliphatic heterocycles. The van der Waals surface area contributed by atoms with Crippen LogP contribution in [0.25, 0.3) is 0 Å². The van der Waals surface area contributed by atoms with Gasteiger partial charge in [0, 0.05) is 11.1 Å². The van der Waals surface area contributed by atoms with Gasteiger partial charge in [-0.25, -0.2) is 0 Å². The number of carbonyl (C=O) groups excluding carboxylic acids is 2. The first-order chi connectivity index (χ1) is 6.49. The van der Waals surface area contributed by atoms with E-state index >= 15 is 0 Å². The molecule has 0 aliphatic carbocycles. The molecule has 0 aliphatic rings. The van der Waals surface area contributed by atoms with Crippen LogP contribution in [0.5, 0.6) is 0 Å². The van der Waals surface area contributed by atoms with Gasteiger partial charge in [-0.2, -0.15) is 8.42 Å². The van der Waals surface area contributed by atoms with Gasteiger partial charge in [-0.05, 0) is 18.2 Å². The standard InChI is InChI=1S/C8H6O5S.Na.H/c9-4-6-1-2-8(14(11,12)13)3-7(6)5-10;;/h1-5H,(H,11,12,13);;/q;+1;-1. The van der Waals surface area contributed by atoms with Crippen LogP contribution in [-0.4, -0.2) is 25.5 Å². The minimum atomic E-state index is -4.34. The molecule has 0 unspecified atom stereocenters. The second kappa shape index (κ2) is 5.53.